The Labute approximate surface area is 100 Å². The molecule has 2 heteroatoms. The summed E-state index contributed by atoms with van der Waals surface area (Å²) in [6, 6.07) is 0.573. The fourth-order valence-corrected chi connectivity index (χ4v) is 2.54. The SMILES string of the molecule is CC(C)NCC1(OCC2CC2)CCCCC1. The highest BCUT2D eigenvalue weighted by Gasteiger charge is 2.35. The van der Waals surface area contributed by atoms with Gasteiger partial charge in [-0.1, -0.05) is 33.1 Å². The fraction of sp³-hybridized carbons (Fsp3) is 1.00. The third kappa shape index (κ3) is 3.74. The Kier molecular flexibility index (Phi) is 4.26. The van der Waals surface area contributed by atoms with Gasteiger partial charge in [0.15, 0.2) is 0 Å². The van der Waals surface area contributed by atoms with Gasteiger partial charge in [0.25, 0.3) is 0 Å². The summed E-state index contributed by atoms with van der Waals surface area (Å²) in [6.45, 7) is 6.51. The first-order chi connectivity index (χ1) is 7.70. The predicted octanol–water partition coefficient (Wildman–Crippen LogP) is 3.11. The predicted molar refractivity (Wildman–Crippen MR) is 67.6 cm³/mol. The molecule has 0 bridgehead atoms. The third-order valence-corrected chi connectivity index (χ3v) is 3.92. The highest BCUT2D eigenvalue weighted by Crippen LogP contribution is 2.35. The number of nitrogens with one attached hydrogen (secondary N) is 1. The summed E-state index contributed by atoms with van der Waals surface area (Å²) in [5, 5.41) is 3.58. The molecule has 2 saturated carbocycles. The Morgan fingerprint density at radius 1 is 1.19 bits per heavy atom. The van der Waals surface area contributed by atoms with Crippen LogP contribution in [0.3, 0.4) is 0 Å². The third-order valence-electron chi connectivity index (χ3n) is 3.92. The lowest BCUT2D eigenvalue weighted by Gasteiger charge is -2.38. The minimum atomic E-state index is 0.172. The molecule has 2 fully saturated rings. The van der Waals surface area contributed by atoms with Crippen molar-refractivity contribution in [3.05, 3.63) is 0 Å². The standard InChI is InChI=1S/C14H27NO/c1-12(2)15-11-14(8-4-3-5-9-14)16-10-13-6-7-13/h12-13,15H,3-11H2,1-2H3. The van der Waals surface area contributed by atoms with Crippen molar-refractivity contribution in [2.45, 2.75) is 70.4 Å². The molecule has 0 unspecified atom stereocenters. The molecule has 0 aromatic carbocycles. The van der Waals surface area contributed by atoms with Crippen molar-refractivity contribution in [2.75, 3.05) is 13.2 Å². The summed E-state index contributed by atoms with van der Waals surface area (Å²) in [5.41, 5.74) is 0.172. The normalized spacial score (nSPS) is 24.9. The van der Waals surface area contributed by atoms with Crippen LogP contribution in [0.4, 0.5) is 0 Å². The van der Waals surface area contributed by atoms with Gasteiger partial charge in [0.2, 0.25) is 0 Å². The van der Waals surface area contributed by atoms with E-state index in [9.17, 15) is 0 Å². The van der Waals surface area contributed by atoms with Gasteiger partial charge in [-0.3, -0.25) is 0 Å². The first kappa shape index (κ1) is 12.4. The lowest BCUT2D eigenvalue weighted by molar-refractivity contribution is -0.0736. The molecule has 0 spiro atoms. The smallest absolute Gasteiger partial charge is 0.0806 e. The molecule has 0 radical (unpaired) electrons. The lowest BCUT2D eigenvalue weighted by Crippen LogP contribution is -2.46. The Balaban J connectivity index is 1.82. The van der Waals surface area contributed by atoms with E-state index in [4.69, 9.17) is 4.74 Å². The molecule has 2 aliphatic carbocycles. The average molecular weight is 225 g/mol. The Morgan fingerprint density at radius 2 is 1.88 bits per heavy atom. The van der Waals surface area contributed by atoms with Crippen LogP contribution >= 0.6 is 0 Å². The summed E-state index contributed by atoms with van der Waals surface area (Å²) in [5.74, 6) is 0.887. The van der Waals surface area contributed by atoms with Crippen molar-refractivity contribution in [3.63, 3.8) is 0 Å². The molecule has 0 amide bonds. The molecule has 2 rings (SSSR count). The molecule has 2 aliphatic rings. The second kappa shape index (κ2) is 5.50. The van der Waals surface area contributed by atoms with Crippen LogP contribution < -0.4 is 5.32 Å². The van der Waals surface area contributed by atoms with Crippen LogP contribution in [0, 0.1) is 5.92 Å². The maximum absolute atomic E-state index is 6.28. The van der Waals surface area contributed by atoms with Crippen LogP contribution in [0.1, 0.15) is 58.8 Å². The maximum atomic E-state index is 6.28. The van der Waals surface area contributed by atoms with Crippen molar-refractivity contribution < 1.29 is 4.74 Å². The van der Waals surface area contributed by atoms with E-state index in [0.29, 0.717) is 6.04 Å². The summed E-state index contributed by atoms with van der Waals surface area (Å²) in [4.78, 5) is 0. The lowest BCUT2D eigenvalue weighted by atomic mass is 9.84. The molecule has 0 aromatic rings. The first-order valence-corrected chi connectivity index (χ1v) is 7.08. The molecular formula is C14H27NO. The van der Waals surface area contributed by atoms with Crippen LogP contribution in [0.2, 0.25) is 0 Å². The van der Waals surface area contributed by atoms with Gasteiger partial charge in [-0.05, 0) is 31.6 Å². The minimum absolute atomic E-state index is 0.172. The van der Waals surface area contributed by atoms with Gasteiger partial charge < -0.3 is 10.1 Å². The Morgan fingerprint density at radius 3 is 2.44 bits per heavy atom. The van der Waals surface area contributed by atoms with Gasteiger partial charge >= 0.3 is 0 Å². The van der Waals surface area contributed by atoms with E-state index in [1.54, 1.807) is 0 Å². The maximum Gasteiger partial charge on any atom is 0.0806 e. The molecular weight excluding hydrogens is 198 g/mol. The van der Waals surface area contributed by atoms with Crippen LogP contribution in [-0.2, 0) is 4.74 Å². The van der Waals surface area contributed by atoms with Gasteiger partial charge in [0.05, 0.1) is 12.2 Å². The fourth-order valence-electron chi connectivity index (χ4n) is 2.54. The molecule has 1 N–H and O–H groups in total. The van der Waals surface area contributed by atoms with Gasteiger partial charge in [0.1, 0.15) is 0 Å². The molecule has 0 heterocycles. The molecule has 16 heavy (non-hydrogen) atoms. The molecule has 0 aromatic heterocycles. The van der Waals surface area contributed by atoms with E-state index in [1.807, 2.05) is 0 Å². The van der Waals surface area contributed by atoms with E-state index in [-0.39, 0.29) is 5.60 Å². The van der Waals surface area contributed by atoms with E-state index < -0.39 is 0 Å². The molecule has 94 valence electrons. The minimum Gasteiger partial charge on any atom is -0.373 e. The number of ether oxygens (including phenoxy) is 1. The van der Waals surface area contributed by atoms with Gasteiger partial charge in [-0.2, -0.15) is 0 Å². The molecule has 0 atom stereocenters. The van der Waals surface area contributed by atoms with Gasteiger partial charge in [-0.15, -0.1) is 0 Å². The second-order valence-corrected chi connectivity index (χ2v) is 6.03. The molecule has 0 saturated heterocycles. The highest BCUT2D eigenvalue weighted by atomic mass is 16.5. The summed E-state index contributed by atoms with van der Waals surface area (Å²) >= 11 is 0. The average Bonchev–Trinajstić information content (AvgIpc) is 3.09. The van der Waals surface area contributed by atoms with Crippen LogP contribution in [-0.4, -0.2) is 24.8 Å². The zero-order valence-corrected chi connectivity index (χ0v) is 10.9. The van der Waals surface area contributed by atoms with E-state index in [0.717, 1.165) is 19.1 Å². The number of hydrogen-bond acceptors (Lipinski definition) is 2. The van der Waals surface area contributed by atoms with Crippen molar-refractivity contribution in [1.82, 2.24) is 5.32 Å². The van der Waals surface area contributed by atoms with Crippen LogP contribution in [0.25, 0.3) is 0 Å². The monoisotopic (exact) mass is 225 g/mol. The Hall–Kier alpha value is -0.0800. The zero-order chi connectivity index (χ0) is 11.4. The van der Waals surface area contributed by atoms with Crippen molar-refractivity contribution in [1.29, 1.82) is 0 Å². The van der Waals surface area contributed by atoms with Crippen molar-refractivity contribution >= 4 is 0 Å². The van der Waals surface area contributed by atoms with E-state index in [2.05, 4.69) is 19.2 Å². The largest absolute Gasteiger partial charge is 0.373 e. The van der Waals surface area contributed by atoms with Gasteiger partial charge in [0, 0.05) is 12.6 Å². The quantitative estimate of drug-likeness (QED) is 0.750. The second-order valence-electron chi connectivity index (χ2n) is 6.03. The zero-order valence-electron chi connectivity index (χ0n) is 10.9. The Bertz CT molecular complexity index is 197. The van der Waals surface area contributed by atoms with E-state index in [1.165, 1.54) is 44.9 Å². The number of rotatable bonds is 6. The topological polar surface area (TPSA) is 21.3 Å². The molecule has 2 nitrogen and oxygen atoms in total. The summed E-state index contributed by atoms with van der Waals surface area (Å²) < 4.78 is 6.28. The van der Waals surface area contributed by atoms with Crippen LogP contribution in [0.5, 0.6) is 0 Å². The highest BCUT2D eigenvalue weighted by molar-refractivity contribution is 4.88. The van der Waals surface area contributed by atoms with Crippen molar-refractivity contribution in [2.24, 2.45) is 5.92 Å². The van der Waals surface area contributed by atoms with E-state index >= 15 is 0 Å². The number of hydrogen-bond donors (Lipinski definition) is 1. The van der Waals surface area contributed by atoms with Gasteiger partial charge in [-0.25, -0.2) is 0 Å². The summed E-state index contributed by atoms with van der Waals surface area (Å²) in [6.07, 6.45) is 9.42. The van der Waals surface area contributed by atoms with Crippen molar-refractivity contribution in [3.8, 4) is 0 Å². The molecule has 0 aliphatic heterocycles. The first-order valence-electron chi connectivity index (χ1n) is 7.08. The van der Waals surface area contributed by atoms with Crippen LogP contribution in [0.15, 0.2) is 0 Å². The summed E-state index contributed by atoms with van der Waals surface area (Å²) in [7, 11) is 0.